The number of aromatic nitrogens is 1. The summed E-state index contributed by atoms with van der Waals surface area (Å²) >= 11 is 0. The first kappa shape index (κ1) is 11.5. The van der Waals surface area contributed by atoms with E-state index >= 15 is 0 Å². The lowest BCUT2D eigenvalue weighted by Crippen LogP contribution is -2.28. The SMILES string of the molecule is COc1cccc(-c2c3ccccc3cc[n+]2[O-])c1. The second kappa shape index (κ2) is 4.61. The molecule has 0 aliphatic heterocycles. The van der Waals surface area contributed by atoms with Gasteiger partial charge in [-0.2, -0.15) is 4.73 Å². The summed E-state index contributed by atoms with van der Waals surface area (Å²) in [7, 11) is 1.62. The molecule has 0 radical (unpaired) electrons. The molecule has 3 aromatic rings. The van der Waals surface area contributed by atoms with Crippen molar-refractivity contribution < 1.29 is 9.47 Å². The van der Waals surface area contributed by atoms with Crippen molar-refractivity contribution in [1.82, 2.24) is 0 Å². The summed E-state index contributed by atoms with van der Waals surface area (Å²) in [5, 5.41) is 14.1. The van der Waals surface area contributed by atoms with Crippen molar-refractivity contribution in [3.63, 3.8) is 0 Å². The van der Waals surface area contributed by atoms with E-state index in [1.807, 2.05) is 54.6 Å². The predicted molar refractivity (Wildman–Crippen MR) is 74.9 cm³/mol. The van der Waals surface area contributed by atoms with Gasteiger partial charge in [0.2, 0.25) is 5.69 Å². The van der Waals surface area contributed by atoms with E-state index in [-0.39, 0.29) is 0 Å². The summed E-state index contributed by atoms with van der Waals surface area (Å²) in [5.74, 6) is 0.741. The molecule has 2 aromatic carbocycles. The van der Waals surface area contributed by atoms with Crippen LogP contribution in [0.15, 0.2) is 60.8 Å². The number of hydrogen-bond acceptors (Lipinski definition) is 2. The van der Waals surface area contributed by atoms with Crippen LogP contribution in [0.5, 0.6) is 5.75 Å². The molecule has 19 heavy (non-hydrogen) atoms. The van der Waals surface area contributed by atoms with Crippen molar-refractivity contribution in [2.24, 2.45) is 0 Å². The number of ether oxygens (including phenoxy) is 1. The molecule has 0 N–H and O–H groups in total. The van der Waals surface area contributed by atoms with Gasteiger partial charge in [-0.3, -0.25) is 0 Å². The highest BCUT2D eigenvalue weighted by Crippen LogP contribution is 2.27. The Bertz CT molecular complexity index is 738. The Hall–Kier alpha value is -2.55. The van der Waals surface area contributed by atoms with Crippen molar-refractivity contribution in [1.29, 1.82) is 0 Å². The number of fused-ring (bicyclic) bond motifs is 1. The number of hydrogen-bond donors (Lipinski definition) is 0. The molecule has 1 aromatic heterocycles. The zero-order valence-corrected chi connectivity index (χ0v) is 10.5. The van der Waals surface area contributed by atoms with Gasteiger partial charge in [-0.05, 0) is 29.7 Å². The first-order valence-corrected chi connectivity index (χ1v) is 6.05. The van der Waals surface area contributed by atoms with Crippen molar-refractivity contribution in [2.75, 3.05) is 7.11 Å². The van der Waals surface area contributed by atoms with Crippen molar-refractivity contribution in [2.45, 2.75) is 0 Å². The Labute approximate surface area is 111 Å². The molecular formula is C16H13NO2. The minimum Gasteiger partial charge on any atom is -0.618 e. The molecule has 0 saturated heterocycles. The quantitative estimate of drug-likeness (QED) is 0.518. The molecule has 0 saturated carbocycles. The van der Waals surface area contributed by atoms with Gasteiger partial charge in [-0.25, -0.2) is 0 Å². The second-order valence-corrected chi connectivity index (χ2v) is 4.31. The summed E-state index contributed by atoms with van der Waals surface area (Å²) in [6, 6.07) is 17.2. The molecule has 94 valence electrons. The number of nitrogens with zero attached hydrogens (tertiary/aromatic N) is 1. The van der Waals surface area contributed by atoms with E-state index < -0.39 is 0 Å². The molecule has 0 fully saturated rings. The minimum atomic E-state index is 0.650. The van der Waals surface area contributed by atoms with E-state index in [4.69, 9.17) is 4.74 Å². The van der Waals surface area contributed by atoms with Gasteiger partial charge in [0, 0.05) is 6.07 Å². The third kappa shape index (κ3) is 1.99. The van der Waals surface area contributed by atoms with Crippen LogP contribution in [-0.4, -0.2) is 7.11 Å². The maximum Gasteiger partial charge on any atom is 0.231 e. The topological polar surface area (TPSA) is 36.2 Å². The van der Waals surface area contributed by atoms with Crippen molar-refractivity contribution in [3.8, 4) is 17.0 Å². The third-order valence-corrected chi connectivity index (χ3v) is 3.17. The zero-order valence-electron chi connectivity index (χ0n) is 10.5. The highest BCUT2D eigenvalue weighted by atomic mass is 16.5. The van der Waals surface area contributed by atoms with E-state index in [0.29, 0.717) is 5.69 Å². The molecular weight excluding hydrogens is 238 g/mol. The Morgan fingerprint density at radius 1 is 1.00 bits per heavy atom. The third-order valence-electron chi connectivity index (χ3n) is 3.17. The lowest BCUT2D eigenvalue weighted by Gasteiger charge is -2.09. The fraction of sp³-hybridized carbons (Fsp3) is 0.0625. The fourth-order valence-corrected chi connectivity index (χ4v) is 2.25. The lowest BCUT2D eigenvalue weighted by molar-refractivity contribution is -0.592. The van der Waals surface area contributed by atoms with Crippen LogP contribution in [0.2, 0.25) is 0 Å². The maximum absolute atomic E-state index is 12.1. The number of rotatable bonds is 2. The van der Waals surface area contributed by atoms with Crippen LogP contribution >= 0.6 is 0 Å². The molecule has 0 amide bonds. The van der Waals surface area contributed by atoms with Gasteiger partial charge in [0.15, 0.2) is 6.20 Å². The molecule has 0 atom stereocenters. The molecule has 3 nitrogen and oxygen atoms in total. The Morgan fingerprint density at radius 2 is 1.84 bits per heavy atom. The molecule has 0 unspecified atom stereocenters. The summed E-state index contributed by atoms with van der Waals surface area (Å²) in [6.07, 6.45) is 1.54. The maximum atomic E-state index is 12.1. The molecule has 0 spiro atoms. The van der Waals surface area contributed by atoms with Crippen LogP contribution in [0.1, 0.15) is 0 Å². The minimum absolute atomic E-state index is 0.650. The van der Waals surface area contributed by atoms with Gasteiger partial charge in [-0.1, -0.05) is 24.3 Å². The highest BCUT2D eigenvalue weighted by Gasteiger charge is 2.14. The largest absolute Gasteiger partial charge is 0.618 e. The Kier molecular flexibility index (Phi) is 2.80. The molecule has 3 rings (SSSR count). The highest BCUT2D eigenvalue weighted by molar-refractivity contribution is 5.93. The average Bonchev–Trinajstić information content (AvgIpc) is 2.47. The molecule has 0 aliphatic carbocycles. The standard InChI is InChI=1S/C16H13NO2/c1-19-14-7-4-6-13(11-14)16-15-8-3-2-5-12(15)9-10-17(16)18/h2-11H,1H3. The van der Waals surface area contributed by atoms with Crippen LogP contribution in [0.3, 0.4) is 0 Å². The monoisotopic (exact) mass is 251 g/mol. The second-order valence-electron chi connectivity index (χ2n) is 4.31. The normalized spacial score (nSPS) is 10.6. The molecule has 0 bridgehead atoms. The zero-order chi connectivity index (χ0) is 13.2. The van der Waals surface area contributed by atoms with E-state index in [2.05, 4.69) is 0 Å². The fourth-order valence-electron chi connectivity index (χ4n) is 2.25. The van der Waals surface area contributed by atoms with Crippen LogP contribution in [0.25, 0.3) is 22.0 Å². The Morgan fingerprint density at radius 3 is 2.68 bits per heavy atom. The average molecular weight is 251 g/mol. The smallest absolute Gasteiger partial charge is 0.231 e. The Balaban J connectivity index is 2.31. The molecule has 3 heteroatoms. The number of methoxy groups -OCH3 is 1. The van der Waals surface area contributed by atoms with E-state index in [1.165, 1.54) is 6.20 Å². The number of pyridine rings is 1. The first-order chi connectivity index (χ1) is 9.29. The van der Waals surface area contributed by atoms with E-state index in [0.717, 1.165) is 26.8 Å². The molecule has 0 aliphatic rings. The van der Waals surface area contributed by atoms with E-state index in [9.17, 15) is 5.21 Å². The van der Waals surface area contributed by atoms with Crippen LogP contribution in [-0.2, 0) is 0 Å². The summed E-state index contributed by atoms with van der Waals surface area (Å²) in [4.78, 5) is 0. The summed E-state index contributed by atoms with van der Waals surface area (Å²) < 4.78 is 6.12. The predicted octanol–water partition coefficient (Wildman–Crippen LogP) is 3.15. The van der Waals surface area contributed by atoms with Gasteiger partial charge < -0.3 is 9.94 Å². The summed E-state index contributed by atoms with van der Waals surface area (Å²) in [6.45, 7) is 0. The van der Waals surface area contributed by atoms with Gasteiger partial charge in [-0.15, -0.1) is 0 Å². The van der Waals surface area contributed by atoms with Crippen LogP contribution in [0.4, 0.5) is 0 Å². The van der Waals surface area contributed by atoms with Crippen LogP contribution in [0, 0.1) is 5.21 Å². The summed E-state index contributed by atoms with van der Waals surface area (Å²) in [5.41, 5.74) is 1.50. The molecule has 1 heterocycles. The van der Waals surface area contributed by atoms with Gasteiger partial charge in [0.1, 0.15) is 5.75 Å². The first-order valence-electron chi connectivity index (χ1n) is 6.05. The van der Waals surface area contributed by atoms with Gasteiger partial charge in [0.25, 0.3) is 0 Å². The van der Waals surface area contributed by atoms with E-state index in [1.54, 1.807) is 7.11 Å². The number of benzene rings is 2. The van der Waals surface area contributed by atoms with Gasteiger partial charge >= 0.3 is 0 Å². The van der Waals surface area contributed by atoms with Crippen LogP contribution < -0.4 is 9.47 Å². The van der Waals surface area contributed by atoms with Gasteiger partial charge in [0.05, 0.1) is 18.1 Å². The lowest BCUT2D eigenvalue weighted by atomic mass is 10.0. The van der Waals surface area contributed by atoms with Crippen molar-refractivity contribution >= 4 is 10.8 Å². The van der Waals surface area contributed by atoms with Crippen molar-refractivity contribution in [3.05, 3.63) is 66.0 Å².